The molecule has 3 heterocycles. The molecule has 3 rings (SSSR count). The second-order valence-electron chi connectivity index (χ2n) is 6.27. The summed E-state index contributed by atoms with van der Waals surface area (Å²) >= 11 is 0. The Morgan fingerprint density at radius 3 is 2.83 bits per heavy atom. The molecule has 2 aromatic rings. The van der Waals surface area contributed by atoms with Gasteiger partial charge in [-0.05, 0) is 32.6 Å². The van der Waals surface area contributed by atoms with Gasteiger partial charge in [0.25, 0.3) is 5.91 Å². The third-order valence-electron chi connectivity index (χ3n) is 4.65. The van der Waals surface area contributed by atoms with Gasteiger partial charge in [-0.15, -0.1) is 0 Å². The predicted octanol–water partition coefficient (Wildman–Crippen LogP) is 1.84. The Morgan fingerprint density at radius 2 is 2.21 bits per heavy atom. The summed E-state index contributed by atoms with van der Waals surface area (Å²) in [4.78, 5) is 17.3. The fourth-order valence-corrected chi connectivity index (χ4v) is 3.35. The Labute approximate surface area is 142 Å². The van der Waals surface area contributed by atoms with Crippen LogP contribution in [0.15, 0.2) is 18.6 Å². The first-order valence-electron chi connectivity index (χ1n) is 8.50. The Balaban J connectivity index is 1.87. The maximum Gasteiger partial charge on any atom is 0.255 e. The molecule has 24 heavy (non-hydrogen) atoms. The fraction of sp³-hybridized carbons (Fsp3) is 0.588. The quantitative estimate of drug-likeness (QED) is 0.907. The van der Waals surface area contributed by atoms with E-state index in [0.717, 1.165) is 44.1 Å². The minimum atomic E-state index is -0.115. The van der Waals surface area contributed by atoms with Gasteiger partial charge in [-0.3, -0.25) is 9.48 Å². The van der Waals surface area contributed by atoms with E-state index in [1.165, 1.54) is 0 Å². The van der Waals surface area contributed by atoms with Gasteiger partial charge in [0, 0.05) is 45.4 Å². The molecule has 1 fully saturated rings. The lowest BCUT2D eigenvalue weighted by molar-refractivity contribution is 0.0498. The van der Waals surface area contributed by atoms with Crippen LogP contribution in [0.1, 0.15) is 47.7 Å². The molecule has 2 aromatic heterocycles. The minimum Gasteiger partial charge on any atom is -0.381 e. The average Bonchev–Trinajstić information content (AvgIpc) is 3.19. The Kier molecular flexibility index (Phi) is 4.99. The third-order valence-corrected chi connectivity index (χ3v) is 4.65. The van der Waals surface area contributed by atoms with E-state index in [4.69, 9.17) is 4.74 Å². The number of carbonyl (C=O) groups is 1. The smallest absolute Gasteiger partial charge is 0.255 e. The van der Waals surface area contributed by atoms with Crippen molar-refractivity contribution in [3.63, 3.8) is 0 Å². The van der Waals surface area contributed by atoms with Crippen LogP contribution in [0.3, 0.4) is 0 Å². The number of ether oxygens (including phenoxy) is 1. The number of carbonyl (C=O) groups excluding carboxylic acids is 1. The van der Waals surface area contributed by atoms with Crippen LogP contribution in [0.2, 0.25) is 0 Å². The summed E-state index contributed by atoms with van der Waals surface area (Å²) in [6.45, 7) is 6.23. The summed E-state index contributed by atoms with van der Waals surface area (Å²) in [6, 6.07) is -0.115. The highest BCUT2D eigenvalue weighted by Crippen LogP contribution is 2.29. The van der Waals surface area contributed by atoms with Crippen LogP contribution >= 0.6 is 0 Å². The summed E-state index contributed by atoms with van der Waals surface area (Å²) in [5.74, 6) is 1.15. The van der Waals surface area contributed by atoms with Gasteiger partial charge >= 0.3 is 0 Å². The molecular weight excluding hydrogens is 306 g/mol. The van der Waals surface area contributed by atoms with Gasteiger partial charge in [-0.2, -0.15) is 5.10 Å². The summed E-state index contributed by atoms with van der Waals surface area (Å²) < 4.78 is 9.24. The average molecular weight is 331 g/mol. The molecule has 1 amide bonds. The summed E-state index contributed by atoms with van der Waals surface area (Å²) in [5.41, 5.74) is 1.35. The first kappa shape index (κ1) is 16.7. The lowest BCUT2D eigenvalue weighted by atomic mass is 9.90. The molecule has 0 radical (unpaired) electrons. The molecular formula is C17H25N5O2. The molecule has 1 atom stereocenters. The van der Waals surface area contributed by atoms with Gasteiger partial charge in [-0.1, -0.05) is 0 Å². The number of aryl methyl sites for hydroxylation is 3. The van der Waals surface area contributed by atoms with Crippen molar-refractivity contribution in [1.82, 2.24) is 24.6 Å². The van der Waals surface area contributed by atoms with Crippen molar-refractivity contribution >= 4 is 5.91 Å². The Bertz CT molecular complexity index is 700. The van der Waals surface area contributed by atoms with E-state index in [1.54, 1.807) is 17.1 Å². The van der Waals surface area contributed by atoms with E-state index >= 15 is 0 Å². The van der Waals surface area contributed by atoms with Crippen molar-refractivity contribution in [1.29, 1.82) is 0 Å². The second-order valence-corrected chi connectivity index (χ2v) is 6.27. The van der Waals surface area contributed by atoms with E-state index in [9.17, 15) is 4.79 Å². The zero-order valence-electron chi connectivity index (χ0n) is 14.5. The topological polar surface area (TPSA) is 74.0 Å². The third kappa shape index (κ3) is 3.36. The molecule has 7 heteroatoms. The first-order valence-corrected chi connectivity index (χ1v) is 8.50. The molecule has 7 nitrogen and oxygen atoms in total. The largest absolute Gasteiger partial charge is 0.381 e. The van der Waals surface area contributed by atoms with Crippen molar-refractivity contribution in [2.24, 2.45) is 13.0 Å². The van der Waals surface area contributed by atoms with Crippen LogP contribution < -0.4 is 5.32 Å². The van der Waals surface area contributed by atoms with Gasteiger partial charge in [0.15, 0.2) is 0 Å². The van der Waals surface area contributed by atoms with Gasteiger partial charge in [0.1, 0.15) is 5.82 Å². The molecule has 0 unspecified atom stereocenters. The highest BCUT2D eigenvalue weighted by molar-refractivity contribution is 5.95. The van der Waals surface area contributed by atoms with E-state index in [0.29, 0.717) is 11.5 Å². The SMILES string of the molecule is CCn1ccnc1[C@H](NC(=O)c1cn(C)nc1C)C1CCOCC1. The van der Waals surface area contributed by atoms with Gasteiger partial charge < -0.3 is 14.6 Å². The van der Waals surface area contributed by atoms with Crippen molar-refractivity contribution in [2.75, 3.05) is 13.2 Å². The second kappa shape index (κ2) is 7.17. The summed E-state index contributed by atoms with van der Waals surface area (Å²) in [6.07, 6.45) is 7.37. The van der Waals surface area contributed by atoms with Crippen molar-refractivity contribution < 1.29 is 9.53 Å². The number of hydrogen-bond acceptors (Lipinski definition) is 4. The molecule has 0 saturated carbocycles. The van der Waals surface area contributed by atoms with E-state index in [-0.39, 0.29) is 11.9 Å². The van der Waals surface area contributed by atoms with Crippen molar-refractivity contribution in [3.8, 4) is 0 Å². The van der Waals surface area contributed by atoms with Crippen LogP contribution in [-0.2, 0) is 18.3 Å². The number of nitrogens with one attached hydrogen (secondary N) is 1. The molecule has 1 aliphatic heterocycles. The maximum atomic E-state index is 12.8. The fourth-order valence-electron chi connectivity index (χ4n) is 3.35. The van der Waals surface area contributed by atoms with E-state index < -0.39 is 0 Å². The Morgan fingerprint density at radius 1 is 1.46 bits per heavy atom. The molecule has 0 aromatic carbocycles. The number of amides is 1. The molecule has 1 saturated heterocycles. The zero-order valence-corrected chi connectivity index (χ0v) is 14.5. The standard InChI is InChI=1S/C17H25N5O2/c1-4-22-8-7-18-16(22)15(13-5-9-24-10-6-13)19-17(23)14-11-21(3)20-12(14)2/h7-8,11,13,15H,4-6,9-10H2,1-3H3,(H,19,23)/t15-/m1/s1. The highest BCUT2D eigenvalue weighted by atomic mass is 16.5. The molecule has 0 aliphatic carbocycles. The number of imidazole rings is 1. The number of rotatable bonds is 5. The van der Waals surface area contributed by atoms with Crippen LogP contribution in [0.4, 0.5) is 0 Å². The summed E-state index contributed by atoms with van der Waals surface area (Å²) in [7, 11) is 1.82. The zero-order chi connectivity index (χ0) is 17.1. The van der Waals surface area contributed by atoms with E-state index in [2.05, 4.69) is 26.9 Å². The van der Waals surface area contributed by atoms with E-state index in [1.807, 2.05) is 20.2 Å². The van der Waals surface area contributed by atoms with Gasteiger partial charge in [0.05, 0.1) is 17.3 Å². The summed E-state index contributed by atoms with van der Waals surface area (Å²) in [5, 5.41) is 7.47. The van der Waals surface area contributed by atoms with Crippen molar-refractivity contribution in [3.05, 3.63) is 35.7 Å². The van der Waals surface area contributed by atoms with Crippen LogP contribution in [-0.4, -0.2) is 38.5 Å². The molecule has 1 aliphatic rings. The van der Waals surface area contributed by atoms with Crippen LogP contribution in [0, 0.1) is 12.8 Å². The van der Waals surface area contributed by atoms with Gasteiger partial charge in [-0.25, -0.2) is 4.98 Å². The Hall–Kier alpha value is -2.15. The molecule has 0 bridgehead atoms. The number of hydrogen-bond donors (Lipinski definition) is 1. The lowest BCUT2D eigenvalue weighted by Crippen LogP contribution is -2.37. The molecule has 0 spiro atoms. The highest BCUT2D eigenvalue weighted by Gasteiger charge is 2.30. The monoisotopic (exact) mass is 331 g/mol. The van der Waals surface area contributed by atoms with Crippen LogP contribution in [0.25, 0.3) is 0 Å². The predicted molar refractivity (Wildman–Crippen MR) is 89.6 cm³/mol. The van der Waals surface area contributed by atoms with Crippen LogP contribution in [0.5, 0.6) is 0 Å². The first-order chi connectivity index (χ1) is 11.6. The minimum absolute atomic E-state index is 0.0947. The molecule has 130 valence electrons. The maximum absolute atomic E-state index is 12.8. The lowest BCUT2D eigenvalue weighted by Gasteiger charge is -2.30. The normalized spacial score (nSPS) is 17.0. The number of aromatic nitrogens is 4. The number of nitrogens with zero attached hydrogens (tertiary/aromatic N) is 4. The molecule has 1 N–H and O–H groups in total. The van der Waals surface area contributed by atoms with Gasteiger partial charge in [0.2, 0.25) is 0 Å². The van der Waals surface area contributed by atoms with Crippen molar-refractivity contribution in [2.45, 2.75) is 39.3 Å².